The molecule has 0 fully saturated rings. The first-order chi connectivity index (χ1) is 10.5. The minimum Gasteiger partial charge on any atom is -0.481 e. The molecule has 5 heteroatoms. The average Bonchev–Trinajstić information content (AvgIpc) is 2.83. The standard InChI is InChI=1S/C9H10O2.C8H5NO2/c1-7(9(10)11)8-5-3-2-4-6-8;10-7-5-3-1-2-4-6(5)8(11)9-7/h2-7H,1H3,(H,10,11);1-4H,(H,9,10,11). The SMILES string of the molecule is CC(C(=O)O)c1ccccc1.O=C1NC(=O)c2ccccc21. The van der Waals surface area contributed by atoms with Crippen LogP contribution in [0.5, 0.6) is 0 Å². The van der Waals surface area contributed by atoms with E-state index in [-0.39, 0.29) is 11.8 Å². The number of hydrogen-bond donors (Lipinski definition) is 2. The van der Waals surface area contributed by atoms with Gasteiger partial charge in [0.05, 0.1) is 17.0 Å². The molecule has 1 atom stereocenters. The molecule has 112 valence electrons. The average molecular weight is 297 g/mol. The highest BCUT2D eigenvalue weighted by molar-refractivity contribution is 6.21. The van der Waals surface area contributed by atoms with Crippen LogP contribution in [0.15, 0.2) is 54.6 Å². The minimum absolute atomic E-state index is 0.300. The number of carboxylic acid groups (broad SMARTS) is 1. The third-order valence-electron chi connectivity index (χ3n) is 3.31. The lowest BCUT2D eigenvalue weighted by molar-refractivity contribution is -0.138. The highest BCUT2D eigenvalue weighted by Gasteiger charge is 2.25. The van der Waals surface area contributed by atoms with Gasteiger partial charge < -0.3 is 5.11 Å². The van der Waals surface area contributed by atoms with E-state index < -0.39 is 11.9 Å². The third-order valence-corrected chi connectivity index (χ3v) is 3.31. The summed E-state index contributed by atoms with van der Waals surface area (Å²) in [4.78, 5) is 32.4. The number of benzene rings is 2. The van der Waals surface area contributed by atoms with Crippen LogP contribution in [0.1, 0.15) is 39.1 Å². The van der Waals surface area contributed by atoms with E-state index in [4.69, 9.17) is 5.11 Å². The van der Waals surface area contributed by atoms with Crippen LogP contribution in [0, 0.1) is 0 Å². The Morgan fingerprint density at radius 2 is 1.36 bits per heavy atom. The van der Waals surface area contributed by atoms with Crippen molar-refractivity contribution in [3.63, 3.8) is 0 Å². The van der Waals surface area contributed by atoms with Crippen LogP contribution < -0.4 is 5.32 Å². The van der Waals surface area contributed by atoms with E-state index in [0.717, 1.165) is 5.56 Å². The fourth-order valence-electron chi connectivity index (χ4n) is 2.00. The highest BCUT2D eigenvalue weighted by Crippen LogP contribution is 2.14. The summed E-state index contributed by atoms with van der Waals surface area (Å²) in [6.07, 6.45) is 0. The lowest BCUT2D eigenvalue weighted by Gasteiger charge is -2.04. The van der Waals surface area contributed by atoms with Gasteiger partial charge in [0.2, 0.25) is 0 Å². The van der Waals surface area contributed by atoms with Gasteiger partial charge in [-0.2, -0.15) is 0 Å². The summed E-state index contributed by atoms with van der Waals surface area (Å²) in [6, 6.07) is 15.9. The summed E-state index contributed by atoms with van der Waals surface area (Å²) in [5, 5.41) is 10.8. The molecular formula is C17H15NO4. The summed E-state index contributed by atoms with van der Waals surface area (Å²) in [6.45, 7) is 1.68. The van der Waals surface area contributed by atoms with E-state index in [0.29, 0.717) is 11.1 Å². The Balaban J connectivity index is 0.000000160. The molecule has 0 aromatic heterocycles. The number of aliphatic carboxylic acids is 1. The monoisotopic (exact) mass is 297 g/mol. The van der Waals surface area contributed by atoms with E-state index in [1.165, 1.54) is 0 Å². The number of fused-ring (bicyclic) bond motifs is 1. The lowest BCUT2D eigenvalue weighted by atomic mass is 10.0. The molecule has 1 aliphatic rings. The van der Waals surface area contributed by atoms with Crippen molar-refractivity contribution >= 4 is 17.8 Å². The number of hydrogen-bond acceptors (Lipinski definition) is 3. The molecule has 0 radical (unpaired) electrons. The fraction of sp³-hybridized carbons (Fsp3) is 0.118. The van der Waals surface area contributed by atoms with Gasteiger partial charge in [-0.25, -0.2) is 0 Å². The van der Waals surface area contributed by atoms with Crippen LogP contribution in [0.25, 0.3) is 0 Å². The van der Waals surface area contributed by atoms with Gasteiger partial charge in [-0.1, -0.05) is 42.5 Å². The zero-order valence-corrected chi connectivity index (χ0v) is 11.9. The zero-order chi connectivity index (χ0) is 16.1. The molecule has 0 aliphatic carbocycles. The fourth-order valence-corrected chi connectivity index (χ4v) is 2.00. The highest BCUT2D eigenvalue weighted by atomic mass is 16.4. The van der Waals surface area contributed by atoms with Crippen molar-refractivity contribution in [3.8, 4) is 0 Å². The summed E-state index contributed by atoms with van der Waals surface area (Å²) < 4.78 is 0. The predicted molar refractivity (Wildman–Crippen MR) is 80.7 cm³/mol. The summed E-state index contributed by atoms with van der Waals surface area (Å²) in [5.74, 6) is -1.79. The Hall–Kier alpha value is -2.95. The Bertz CT molecular complexity index is 677. The first-order valence-electron chi connectivity index (χ1n) is 6.73. The second-order valence-corrected chi connectivity index (χ2v) is 4.80. The molecule has 1 heterocycles. The van der Waals surface area contributed by atoms with Crippen LogP contribution in [0.4, 0.5) is 0 Å². The molecular weight excluding hydrogens is 282 g/mol. The molecule has 3 rings (SSSR count). The number of imide groups is 1. The van der Waals surface area contributed by atoms with Gasteiger partial charge in [0.25, 0.3) is 11.8 Å². The van der Waals surface area contributed by atoms with Gasteiger partial charge in [0.15, 0.2) is 0 Å². The van der Waals surface area contributed by atoms with Gasteiger partial charge in [-0.05, 0) is 24.6 Å². The Morgan fingerprint density at radius 3 is 1.82 bits per heavy atom. The van der Waals surface area contributed by atoms with Crippen molar-refractivity contribution in [3.05, 3.63) is 71.3 Å². The van der Waals surface area contributed by atoms with Crippen molar-refractivity contribution in [1.82, 2.24) is 5.32 Å². The maximum Gasteiger partial charge on any atom is 0.310 e. The smallest absolute Gasteiger partial charge is 0.310 e. The van der Waals surface area contributed by atoms with Gasteiger partial charge in [0, 0.05) is 0 Å². The molecule has 2 aromatic rings. The Kier molecular flexibility index (Phi) is 4.68. The van der Waals surface area contributed by atoms with Crippen LogP contribution in [0.2, 0.25) is 0 Å². The van der Waals surface area contributed by atoms with E-state index in [2.05, 4.69) is 5.32 Å². The number of nitrogens with one attached hydrogen (secondary N) is 1. The predicted octanol–water partition coefficient (Wildman–Crippen LogP) is 2.44. The zero-order valence-electron chi connectivity index (χ0n) is 11.9. The van der Waals surface area contributed by atoms with Crippen molar-refractivity contribution < 1.29 is 19.5 Å². The van der Waals surface area contributed by atoms with Crippen molar-refractivity contribution in [2.75, 3.05) is 0 Å². The molecule has 5 nitrogen and oxygen atoms in total. The molecule has 1 unspecified atom stereocenters. The molecule has 1 aliphatic heterocycles. The van der Waals surface area contributed by atoms with Crippen molar-refractivity contribution in [2.45, 2.75) is 12.8 Å². The van der Waals surface area contributed by atoms with Crippen molar-refractivity contribution in [1.29, 1.82) is 0 Å². The largest absolute Gasteiger partial charge is 0.481 e. The third kappa shape index (κ3) is 3.38. The van der Waals surface area contributed by atoms with Crippen LogP contribution >= 0.6 is 0 Å². The number of carbonyl (C=O) groups is 3. The summed E-state index contributed by atoms with van der Waals surface area (Å²) >= 11 is 0. The molecule has 2 N–H and O–H groups in total. The Labute approximate surface area is 127 Å². The second-order valence-electron chi connectivity index (χ2n) is 4.80. The van der Waals surface area contributed by atoms with E-state index in [1.54, 1.807) is 31.2 Å². The maximum atomic E-state index is 10.9. The number of carboxylic acids is 1. The number of rotatable bonds is 2. The topological polar surface area (TPSA) is 83.5 Å². The molecule has 22 heavy (non-hydrogen) atoms. The molecule has 0 saturated heterocycles. The van der Waals surface area contributed by atoms with Crippen molar-refractivity contribution in [2.24, 2.45) is 0 Å². The van der Waals surface area contributed by atoms with Gasteiger partial charge >= 0.3 is 5.97 Å². The maximum absolute atomic E-state index is 10.9. The first-order valence-corrected chi connectivity index (χ1v) is 6.73. The van der Waals surface area contributed by atoms with E-state index in [9.17, 15) is 14.4 Å². The van der Waals surface area contributed by atoms with E-state index >= 15 is 0 Å². The summed E-state index contributed by atoms with van der Waals surface area (Å²) in [5.41, 5.74) is 1.79. The molecule has 2 amide bonds. The van der Waals surface area contributed by atoms with E-state index in [1.807, 2.05) is 30.3 Å². The minimum atomic E-state index is -0.781. The quantitative estimate of drug-likeness (QED) is 0.834. The van der Waals surface area contributed by atoms with Crippen LogP contribution in [-0.2, 0) is 4.79 Å². The second kappa shape index (κ2) is 6.67. The van der Waals surface area contributed by atoms with Gasteiger partial charge in [-0.15, -0.1) is 0 Å². The number of carbonyl (C=O) groups excluding carboxylic acids is 2. The Morgan fingerprint density at radius 1 is 0.909 bits per heavy atom. The molecule has 2 aromatic carbocycles. The van der Waals surface area contributed by atoms with Crippen LogP contribution in [-0.4, -0.2) is 22.9 Å². The normalized spacial score (nSPS) is 13.5. The van der Waals surface area contributed by atoms with Gasteiger partial charge in [0.1, 0.15) is 0 Å². The van der Waals surface area contributed by atoms with Crippen LogP contribution in [0.3, 0.4) is 0 Å². The molecule has 0 spiro atoms. The lowest BCUT2D eigenvalue weighted by Crippen LogP contribution is -2.19. The molecule has 0 bridgehead atoms. The summed E-state index contributed by atoms with van der Waals surface area (Å²) in [7, 11) is 0. The number of amides is 2. The van der Waals surface area contributed by atoms with Gasteiger partial charge in [-0.3, -0.25) is 19.7 Å². The first kappa shape index (κ1) is 15.4. The molecule has 0 saturated carbocycles.